The molecule has 2 aromatic rings. The highest BCUT2D eigenvalue weighted by Gasteiger charge is 2.26. The summed E-state index contributed by atoms with van der Waals surface area (Å²) in [4.78, 5) is 0. The Labute approximate surface area is 178 Å². The monoisotopic (exact) mass is 434 g/mol. The summed E-state index contributed by atoms with van der Waals surface area (Å²) in [5.74, 6) is 0.244. The van der Waals surface area contributed by atoms with Crippen molar-refractivity contribution in [2.24, 2.45) is 0 Å². The lowest BCUT2D eigenvalue weighted by molar-refractivity contribution is 0.0965. The van der Waals surface area contributed by atoms with E-state index in [1.165, 1.54) is 0 Å². The molecule has 3 unspecified atom stereocenters. The number of allylic oxidation sites excluding steroid dienone is 1. The molecule has 0 spiro atoms. The van der Waals surface area contributed by atoms with Crippen LogP contribution < -0.4 is 0 Å². The van der Waals surface area contributed by atoms with Crippen molar-refractivity contribution in [1.82, 2.24) is 0 Å². The minimum atomic E-state index is -4.24. The Morgan fingerprint density at radius 3 is 1.93 bits per heavy atom. The fourth-order valence-corrected chi connectivity index (χ4v) is 4.23. The molecule has 0 amide bonds. The van der Waals surface area contributed by atoms with E-state index in [0.29, 0.717) is 13.0 Å². The molecule has 0 aromatic heterocycles. The zero-order valence-corrected chi connectivity index (χ0v) is 18.1. The molecule has 7 heteroatoms. The van der Waals surface area contributed by atoms with Crippen LogP contribution in [0.2, 0.25) is 0 Å². The van der Waals surface area contributed by atoms with Crippen molar-refractivity contribution >= 4 is 10.1 Å². The fourth-order valence-electron chi connectivity index (χ4n) is 3.40. The Hall–Kier alpha value is -2.35. The summed E-state index contributed by atoms with van der Waals surface area (Å²) >= 11 is 0. The highest BCUT2D eigenvalue weighted by atomic mass is 32.2. The summed E-state index contributed by atoms with van der Waals surface area (Å²) < 4.78 is 39.5. The van der Waals surface area contributed by atoms with Crippen LogP contribution in [-0.4, -0.2) is 35.0 Å². The van der Waals surface area contributed by atoms with E-state index in [9.17, 15) is 23.2 Å². The highest BCUT2D eigenvalue weighted by Crippen LogP contribution is 2.30. The van der Waals surface area contributed by atoms with Gasteiger partial charge in [-0.3, -0.25) is 4.55 Å². The molecular weight excluding hydrogens is 404 g/mol. The molecule has 0 fully saturated rings. The second-order valence-electron chi connectivity index (χ2n) is 7.20. The van der Waals surface area contributed by atoms with Gasteiger partial charge < -0.3 is 14.9 Å². The zero-order valence-electron chi connectivity index (χ0n) is 17.3. The number of aromatic hydroxyl groups is 2. The van der Waals surface area contributed by atoms with Gasteiger partial charge in [-0.25, -0.2) is 0 Å². The van der Waals surface area contributed by atoms with Gasteiger partial charge in [0.15, 0.2) is 0 Å². The van der Waals surface area contributed by atoms with E-state index in [2.05, 4.69) is 0 Å². The first-order valence-corrected chi connectivity index (χ1v) is 11.6. The van der Waals surface area contributed by atoms with E-state index in [0.717, 1.165) is 11.1 Å². The minimum absolute atomic E-state index is 0.0642. The maximum atomic E-state index is 12.0. The summed E-state index contributed by atoms with van der Waals surface area (Å²) in [6.07, 6.45) is 4.23. The first-order valence-electron chi connectivity index (χ1n) is 10.1. The molecule has 0 saturated carbocycles. The van der Waals surface area contributed by atoms with Crippen molar-refractivity contribution in [2.45, 2.75) is 50.4 Å². The standard InChI is InChI=1S/C23H30O6S/c1-3-17(18-8-12-20(24)13-9-18)16-22(30(26,27)28)6-5-7-23(29-4-2)19-10-14-21(25)15-11-19/h5,7-15,17,22-25H,3-4,6,16H2,1-2H3,(H,26,27,28). The van der Waals surface area contributed by atoms with Crippen molar-refractivity contribution in [2.75, 3.05) is 6.61 Å². The van der Waals surface area contributed by atoms with Gasteiger partial charge in [0.25, 0.3) is 10.1 Å². The average Bonchev–Trinajstić information content (AvgIpc) is 2.70. The molecule has 2 rings (SSSR count). The first-order chi connectivity index (χ1) is 14.2. The maximum absolute atomic E-state index is 12.0. The van der Waals surface area contributed by atoms with Gasteiger partial charge in [-0.05, 0) is 67.5 Å². The lowest BCUT2D eigenvalue weighted by Gasteiger charge is -2.21. The van der Waals surface area contributed by atoms with E-state index in [1.807, 2.05) is 13.8 Å². The Kier molecular flexibility index (Phi) is 8.89. The topological polar surface area (TPSA) is 104 Å². The molecule has 0 aliphatic heterocycles. The van der Waals surface area contributed by atoms with Gasteiger partial charge in [-0.2, -0.15) is 8.42 Å². The molecule has 0 radical (unpaired) electrons. The van der Waals surface area contributed by atoms with Gasteiger partial charge in [-0.15, -0.1) is 0 Å². The highest BCUT2D eigenvalue weighted by molar-refractivity contribution is 7.86. The van der Waals surface area contributed by atoms with E-state index in [4.69, 9.17) is 4.74 Å². The Balaban J connectivity index is 2.14. The van der Waals surface area contributed by atoms with E-state index < -0.39 is 15.4 Å². The Bertz CT molecular complexity index is 904. The summed E-state index contributed by atoms with van der Waals surface area (Å²) in [6, 6.07) is 13.3. The summed E-state index contributed by atoms with van der Waals surface area (Å²) in [7, 11) is -4.24. The predicted molar refractivity (Wildman–Crippen MR) is 117 cm³/mol. The lowest BCUT2D eigenvalue weighted by Crippen LogP contribution is -2.22. The van der Waals surface area contributed by atoms with Crippen LogP contribution in [0.5, 0.6) is 11.5 Å². The molecule has 0 bridgehead atoms. The number of rotatable bonds is 11. The number of ether oxygens (including phenoxy) is 1. The van der Waals surface area contributed by atoms with Crippen LogP contribution in [0.15, 0.2) is 60.7 Å². The molecule has 0 aliphatic rings. The van der Waals surface area contributed by atoms with E-state index in [-0.39, 0.29) is 36.4 Å². The van der Waals surface area contributed by atoms with Gasteiger partial charge in [0.1, 0.15) is 17.6 Å². The molecule has 3 N–H and O–H groups in total. The van der Waals surface area contributed by atoms with Crippen molar-refractivity contribution in [1.29, 1.82) is 0 Å². The SMILES string of the molecule is CCOC(C=CCC(CC(CC)c1ccc(O)cc1)S(=O)(=O)O)c1ccc(O)cc1. The van der Waals surface area contributed by atoms with Crippen molar-refractivity contribution < 1.29 is 27.9 Å². The average molecular weight is 435 g/mol. The molecule has 164 valence electrons. The largest absolute Gasteiger partial charge is 0.508 e. The maximum Gasteiger partial charge on any atom is 0.268 e. The molecule has 2 aromatic carbocycles. The number of phenols is 2. The number of hydrogen-bond acceptors (Lipinski definition) is 5. The van der Waals surface area contributed by atoms with Crippen molar-refractivity contribution in [3.05, 3.63) is 71.8 Å². The lowest BCUT2D eigenvalue weighted by atomic mass is 9.91. The van der Waals surface area contributed by atoms with E-state index >= 15 is 0 Å². The number of phenolic OH excluding ortho intramolecular Hbond substituents is 2. The molecule has 0 heterocycles. The van der Waals surface area contributed by atoms with Crippen LogP contribution in [0.1, 0.15) is 56.3 Å². The summed E-state index contributed by atoms with van der Waals surface area (Å²) in [5.41, 5.74) is 1.76. The zero-order chi connectivity index (χ0) is 22.1. The van der Waals surface area contributed by atoms with Gasteiger partial charge in [0.05, 0.1) is 5.25 Å². The van der Waals surface area contributed by atoms with Crippen LogP contribution >= 0.6 is 0 Å². The minimum Gasteiger partial charge on any atom is -0.508 e. The third-order valence-electron chi connectivity index (χ3n) is 5.10. The molecular formula is C23H30O6S. The Morgan fingerprint density at radius 2 is 1.47 bits per heavy atom. The summed E-state index contributed by atoms with van der Waals surface area (Å²) in [5, 5.41) is 18.0. The molecule has 0 aliphatic carbocycles. The van der Waals surface area contributed by atoms with Crippen LogP contribution in [0.3, 0.4) is 0 Å². The fraction of sp³-hybridized carbons (Fsp3) is 0.391. The predicted octanol–water partition coefficient (Wildman–Crippen LogP) is 4.96. The molecule has 6 nitrogen and oxygen atoms in total. The second kappa shape index (κ2) is 11.2. The molecule has 0 saturated heterocycles. The third kappa shape index (κ3) is 7.16. The van der Waals surface area contributed by atoms with Crippen LogP contribution in [0.25, 0.3) is 0 Å². The van der Waals surface area contributed by atoms with E-state index in [1.54, 1.807) is 60.7 Å². The van der Waals surface area contributed by atoms with Gasteiger partial charge in [-0.1, -0.05) is 43.3 Å². The van der Waals surface area contributed by atoms with Gasteiger partial charge in [0.2, 0.25) is 0 Å². The quantitative estimate of drug-likeness (QED) is 0.341. The smallest absolute Gasteiger partial charge is 0.268 e. The molecule has 3 atom stereocenters. The third-order valence-corrected chi connectivity index (χ3v) is 6.33. The molecule has 30 heavy (non-hydrogen) atoms. The number of hydrogen-bond donors (Lipinski definition) is 3. The van der Waals surface area contributed by atoms with Crippen molar-refractivity contribution in [3.8, 4) is 11.5 Å². The van der Waals surface area contributed by atoms with Crippen molar-refractivity contribution in [3.63, 3.8) is 0 Å². The number of benzene rings is 2. The van der Waals surface area contributed by atoms with Crippen LogP contribution in [0.4, 0.5) is 0 Å². The van der Waals surface area contributed by atoms with Crippen LogP contribution in [0, 0.1) is 0 Å². The van der Waals surface area contributed by atoms with Crippen LogP contribution in [-0.2, 0) is 14.9 Å². The normalized spacial score (nSPS) is 15.2. The summed E-state index contributed by atoms with van der Waals surface area (Å²) in [6.45, 7) is 4.30. The van der Waals surface area contributed by atoms with Gasteiger partial charge in [0, 0.05) is 6.61 Å². The Morgan fingerprint density at radius 1 is 0.933 bits per heavy atom. The second-order valence-corrected chi connectivity index (χ2v) is 8.90. The first kappa shape index (κ1) is 23.9. The van der Waals surface area contributed by atoms with Gasteiger partial charge >= 0.3 is 0 Å².